The maximum atomic E-state index is 13.9. The summed E-state index contributed by atoms with van der Waals surface area (Å²) in [7, 11) is 0. The number of rotatable bonds is 4. The second-order valence-electron chi connectivity index (χ2n) is 10.7. The number of aromatic amines is 1. The highest BCUT2D eigenvalue weighted by molar-refractivity contribution is 6.20. The van der Waals surface area contributed by atoms with Crippen LogP contribution in [-0.4, -0.2) is 53.0 Å². The summed E-state index contributed by atoms with van der Waals surface area (Å²) >= 11 is 0. The highest BCUT2D eigenvalue weighted by atomic mass is 16.1. The molecule has 1 unspecified atom stereocenters. The number of benzene rings is 2. The monoisotopic (exact) mass is 454 g/mol. The molecule has 5 heteroatoms. The zero-order chi connectivity index (χ0) is 23.8. The van der Waals surface area contributed by atoms with Gasteiger partial charge >= 0.3 is 0 Å². The fourth-order valence-corrected chi connectivity index (χ4v) is 6.32. The average molecular weight is 455 g/mol. The number of carbonyl (C=O) groups excluding carboxylic acids is 1. The van der Waals surface area contributed by atoms with Gasteiger partial charge in [0.15, 0.2) is 5.78 Å². The Kier molecular flexibility index (Phi) is 4.72. The Balaban J connectivity index is 1.43. The van der Waals surface area contributed by atoms with Crippen LogP contribution < -0.4 is 4.90 Å². The van der Waals surface area contributed by atoms with Gasteiger partial charge in [-0.25, -0.2) is 5.01 Å². The number of carbonyl (C=O) groups is 1. The van der Waals surface area contributed by atoms with Crippen LogP contribution in [0.1, 0.15) is 65.5 Å². The standard InChI is InChI=1S/C29H34N4O/c1-6-19-15-22-23(16-25(19)31-11-10-20(17-31)33-13-12-32(33)7-2)29(4,5)28-26(27(22)34)21-9-8-18(3)14-24(21)30-28/h7-9,14-16,20,30H,2,6,10-13,17H2,1,3-5H3. The van der Waals surface area contributed by atoms with E-state index in [0.29, 0.717) is 6.04 Å². The molecule has 176 valence electrons. The quantitative estimate of drug-likeness (QED) is 0.591. The van der Waals surface area contributed by atoms with Gasteiger partial charge in [0.1, 0.15) is 0 Å². The van der Waals surface area contributed by atoms with E-state index in [-0.39, 0.29) is 11.2 Å². The molecule has 0 spiro atoms. The predicted molar refractivity (Wildman–Crippen MR) is 139 cm³/mol. The third-order valence-corrected chi connectivity index (χ3v) is 8.35. The van der Waals surface area contributed by atoms with Gasteiger partial charge in [0.25, 0.3) is 0 Å². The molecule has 1 aromatic heterocycles. The molecular formula is C29H34N4O. The van der Waals surface area contributed by atoms with Crippen LogP contribution >= 0.6 is 0 Å². The molecular weight excluding hydrogens is 420 g/mol. The van der Waals surface area contributed by atoms with E-state index in [1.807, 2.05) is 6.20 Å². The second-order valence-corrected chi connectivity index (χ2v) is 10.7. The van der Waals surface area contributed by atoms with Gasteiger partial charge in [0.05, 0.1) is 5.56 Å². The first-order valence-corrected chi connectivity index (χ1v) is 12.6. The Morgan fingerprint density at radius 2 is 2.00 bits per heavy atom. The number of nitrogens with one attached hydrogen (secondary N) is 1. The second kappa shape index (κ2) is 7.47. The number of aromatic nitrogens is 1. The lowest BCUT2D eigenvalue weighted by molar-refractivity contribution is -0.0969. The van der Waals surface area contributed by atoms with Crippen molar-refractivity contribution in [2.24, 2.45) is 0 Å². The van der Waals surface area contributed by atoms with Crippen molar-refractivity contribution in [3.8, 4) is 0 Å². The topological polar surface area (TPSA) is 42.6 Å². The molecule has 0 amide bonds. The van der Waals surface area contributed by atoms with Crippen LogP contribution in [0.25, 0.3) is 10.9 Å². The molecule has 3 aliphatic rings. The number of ketones is 1. The number of H-pyrrole nitrogens is 1. The van der Waals surface area contributed by atoms with Crippen LogP contribution in [0, 0.1) is 6.92 Å². The van der Waals surface area contributed by atoms with E-state index < -0.39 is 0 Å². The zero-order valence-electron chi connectivity index (χ0n) is 20.7. The van der Waals surface area contributed by atoms with E-state index in [0.717, 1.165) is 72.3 Å². The van der Waals surface area contributed by atoms with Crippen molar-refractivity contribution in [2.75, 3.05) is 31.1 Å². The van der Waals surface area contributed by atoms with Crippen molar-refractivity contribution in [1.82, 2.24) is 15.0 Å². The summed E-state index contributed by atoms with van der Waals surface area (Å²) in [6.07, 6.45) is 4.01. The third-order valence-electron chi connectivity index (χ3n) is 8.35. The average Bonchev–Trinajstić information content (AvgIpc) is 3.41. The summed E-state index contributed by atoms with van der Waals surface area (Å²) in [4.78, 5) is 20.0. The van der Waals surface area contributed by atoms with Crippen LogP contribution in [-0.2, 0) is 11.8 Å². The molecule has 2 fully saturated rings. The van der Waals surface area contributed by atoms with Crippen molar-refractivity contribution >= 4 is 22.4 Å². The van der Waals surface area contributed by atoms with Gasteiger partial charge in [-0.2, -0.15) is 0 Å². The molecule has 3 heterocycles. The fourth-order valence-electron chi connectivity index (χ4n) is 6.32. The summed E-state index contributed by atoms with van der Waals surface area (Å²) in [6, 6.07) is 11.4. The molecule has 2 aliphatic heterocycles. The van der Waals surface area contributed by atoms with Gasteiger partial charge in [0.2, 0.25) is 0 Å². The highest BCUT2D eigenvalue weighted by Gasteiger charge is 2.41. The van der Waals surface area contributed by atoms with Gasteiger partial charge < -0.3 is 14.9 Å². The smallest absolute Gasteiger partial charge is 0.195 e. The molecule has 34 heavy (non-hydrogen) atoms. The maximum Gasteiger partial charge on any atom is 0.195 e. The molecule has 1 N–H and O–H groups in total. The molecule has 6 rings (SSSR count). The zero-order valence-corrected chi connectivity index (χ0v) is 20.7. The minimum atomic E-state index is -0.275. The molecule has 1 aliphatic carbocycles. The van der Waals surface area contributed by atoms with Crippen LogP contribution in [0.5, 0.6) is 0 Å². The minimum Gasteiger partial charge on any atom is -0.370 e. The Morgan fingerprint density at radius 1 is 1.18 bits per heavy atom. The van der Waals surface area contributed by atoms with Crippen LogP contribution in [0.3, 0.4) is 0 Å². The summed E-state index contributed by atoms with van der Waals surface area (Å²) in [6.45, 7) is 17.0. The van der Waals surface area contributed by atoms with Gasteiger partial charge in [-0.05, 0) is 54.7 Å². The number of nitrogens with zero attached hydrogens (tertiary/aromatic N) is 3. The predicted octanol–water partition coefficient (Wildman–Crippen LogP) is 5.16. The van der Waals surface area contributed by atoms with Gasteiger partial charge in [0, 0.05) is 71.7 Å². The number of fused-ring (bicyclic) bond motifs is 4. The van der Waals surface area contributed by atoms with Gasteiger partial charge in [-0.15, -0.1) is 0 Å². The summed E-state index contributed by atoms with van der Waals surface area (Å²) in [5.41, 5.74) is 8.45. The number of hydrazine groups is 1. The maximum absolute atomic E-state index is 13.9. The van der Waals surface area contributed by atoms with Crippen molar-refractivity contribution < 1.29 is 4.79 Å². The molecule has 0 saturated carbocycles. The minimum absolute atomic E-state index is 0.155. The van der Waals surface area contributed by atoms with Gasteiger partial charge in [-0.1, -0.05) is 39.5 Å². The molecule has 0 bridgehead atoms. The van der Waals surface area contributed by atoms with Crippen LogP contribution in [0.15, 0.2) is 43.1 Å². The molecule has 2 aromatic carbocycles. The number of hydrogen-bond donors (Lipinski definition) is 1. The fraction of sp³-hybridized carbons (Fsp3) is 0.414. The van der Waals surface area contributed by atoms with Crippen molar-refractivity contribution in [2.45, 2.75) is 52.0 Å². The van der Waals surface area contributed by atoms with E-state index in [4.69, 9.17) is 0 Å². The molecule has 0 radical (unpaired) electrons. The first kappa shape index (κ1) is 21.5. The van der Waals surface area contributed by atoms with Crippen molar-refractivity contribution in [3.63, 3.8) is 0 Å². The Bertz CT molecular complexity index is 1330. The number of anilines is 1. The molecule has 1 atom stereocenters. The Hall–Kier alpha value is -3.05. The van der Waals surface area contributed by atoms with E-state index >= 15 is 0 Å². The summed E-state index contributed by atoms with van der Waals surface area (Å²) in [5.74, 6) is 0.155. The number of aryl methyl sites for hydroxylation is 2. The van der Waals surface area contributed by atoms with Crippen molar-refractivity contribution in [3.05, 3.63) is 76.6 Å². The lowest BCUT2D eigenvalue weighted by Crippen LogP contribution is -2.59. The normalized spacial score (nSPS) is 21.5. The van der Waals surface area contributed by atoms with E-state index in [9.17, 15) is 4.79 Å². The summed E-state index contributed by atoms with van der Waals surface area (Å²) in [5, 5.41) is 5.72. The summed E-state index contributed by atoms with van der Waals surface area (Å²) < 4.78 is 0. The highest BCUT2D eigenvalue weighted by Crippen LogP contribution is 2.46. The number of hydrogen-bond acceptors (Lipinski definition) is 4. The van der Waals surface area contributed by atoms with Crippen LogP contribution in [0.2, 0.25) is 0 Å². The Morgan fingerprint density at radius 3 is 2.71 bits per heavy atom. The molecule has 3 aromatic rings. The third kappa shape index (κ3) is 2.92. The first-order chi connectivity index (χ1) is 16.3. The van der Waals surface area contributed by atoms with Gasteiger partial charge in [-0.3, -0.25) is 4.79 Å². The van der Waals surface area contributed by atoms with E-state index in [2.05, 4.69) is 84.5 Å². The van der Waals surface area contributed by atoms with Crippen LogP contribution in [0.4, 0.5) is 5.69 Å². The molecule has 2 saturated heterocycles. The Labute approximate surface area is 202 Å². The van der Waals surface area contributed by atoms with E-state index in [1.54, 1.807) is 0 Å². The van der Waals surface area contributed by atoms with E-state index in [1.165, 1.54) is 16.8 Å². The van der Waals surface area contributed by atoms with Crippen molar-refractivity contribution in [1.29, 1.82) is 0 Å². The molecule has 5 nitrogen and oxygen atoms in total. The lowest BCUT2D eigenvalue weighted by Gasteiger charge is -2.47. The largest absolute Gasteiger partial charge is 0.370 e. The SMILES string of the molecule is C=CN1CCN1C1CCN(c2cc3c(cc2CC)C(=O)c2c([nH]c4cc(C)ccc24)C3(C)C)C1. The first-order valence-electron chi connectivity index (χ1n) is 12.6. The lowest BCUT2D eigenvalue weighted by atomic mass is 9.70.